The summed E-state index contributed by atoms with van der Waals surface area (Å²) in [7, 11) is -4.06. The van der Waals surface area contributed by atoms with Crippen molar-refractivity contribution in [3.63, 3.8) is 0 Å². The lowest BCUT2D eigenvalue weighted by atomic mass is 10.0. The third-order valence-electron chi connectivity index (χ3n) is 5.16. The van der Waals surface area contributed by atoms with E-state index in [1.807, 2.05) is 0 Å². The molecule has 1 atom stereocenters. The summed E-state index contributed by atoms with van der Waals surface area (Å²) < 4.78 is 67.5. The maximum absolute atomic E-state index is 14.6. The zero-order chi connectivity index (χ0) is 27.4. The zero-order valence-corrected chi connectivity index (χ0v) is 21.5. The topological polar surface area (TPSA) is 139 Å². The van der Waals surface area contributed by atoms with E-state index in [0.29, 0.717) is 28.8 Å². The van der Waals surface area contributed by atoms with E-state index in [9.17, 15) is 26.5 Å². The zero-order valence-electron chi connectivity index (χ0n) is 19.2. The summed E-state index contributed by atoms with van der Waals surface area (Å²) in [5.74, 6) is -5.90. The molecule has 0 saturated carbocycles. The molecule has 0 aliphatic rings. The van der Waals surface area contributed by atoms with E-state index in [2.05, 4.69) is 15.3 Å². The van der Waals surface area contributed by atoms with E-state index in [0.717, 1.165) is 17.7 Å². The number of nitrogens with one attached hydrogen (secondary N) is 1. The van der Waals surface area contributed by atoms with Crippen LogP contribution in [0.25, 0.3) is 11.3 Å². The lowest BCUT2D eigenvalue weighted by Crippen LogP contribution is -2.34. The van der Waals surface area contributed by atoms with Gasteiger partial charge in [0, 0.05) is 28.2 Å². The molecule has 2 aromatic carbocycles. The second-order valence-corrected chi connectivity index (χ2v) is 10.2. The molecule has 0 spiro atoms. The molecule has 0 saturated heterocycles. The Morgan fingerprint density at radius 3 is 2.51 bits per heavy atom. The molecule has 3 N–H and O–H groups in total. The van der Waals surface area contributed by atoms with Crippen molar-refractivity contribution < 1.29 is 36.4 Å². The fourth-order valence-corrected chi connectivity index (χ4v) is 5.11. The molecule has 37 heavy (non-hydrogen) atoms. The van der Waals surface area contributed by atoms with E-state index in [-0.39, 0.29) is 17.3 Å². The quantitative estimate of drug-likeness (QED) is 0.265. The SMILES string of the molecule is COc1nc(NCCc2ccc(Cl)cc2Cl)cc(-c2cccc(C(C(F)(F)CC(=O)O)S(=O)(=O)O)c2)n1. The Labute approximate surface area is 221 Å². The summed E-state index contributed by atoms with van der Waals surface area (Å²) in [5, 5.41) is 10.1. The first-order valence-corrected chi connectivity index (χ1v) is 12.8. The number of alkyl halides is 2. The van der Waals surface area contributed by atoms with E-state index in [4.69, 9.17) is 33.0 Å². The Balaban J connectivity index is 1.92. The second-order valence-electron chi connectivity index (χ2n) is 7.89. The summed E-state index contributed by atoms with van der Waals surface area (Å²) >= 11 is 12.1. The predicted octanol–water partition coefficient (Wildman–Crippen LogP) is 5.15. The molecule has 0 amide bonds. The fourth-order valence-electron chi connectivity index (χ4n) is 3.59. The van der Waals surface area contributed by atoms with E-state index < -0.39 is 39.2 Å². The average molecular weight is 576 g/mol. The van der Waals surface area contributed by atoms with Crippen LogP contribution in [0.4, 0.5) is 14.6 Å². The normalized spacial score (nSPS) is 12.7. The summed E-state index contributed by atoms with van der Waals surface area (Å²) in [6.45, 7) is 0.396. The minimum Gasteiger partial charge on any atom is -0.481 e. The third-order valence-corrected chi connectivity index (χ3v) is 6.96. The molecule has 0 aliphatic heterocycles. The van der Waals surface area contributed by atoms with Crippen LogP contribution in [0, 0.1) is 0 Å². The first-order chi connectivity index (χ1) is 17.3. The summed E-state index contributed by atoms with van der Waals surface area (Å²) in [5.41, 5.74) is 0.708. The third kappa shape index (κ3) is 7.48. The van der Waals surface area contributed by atoms with Crippen LogP contribution in [0.3, 0.4) is 0 Å². The number of aliphatic carboxylic acids is 1. The van der Waals surface area contributed by atoms with Gasteiger partial charge in [0.2, 0.25) is 0 Å². The molecule has 3 rings (SSSR count). The summed E-state index contributed by atoms with van der Waals surface area (Å²) in [4.78, 5) is 19.3. The lowest BCUT2D eigenvalue weighted by Gasteiger charge is -2.24. The van der Waals surface area contributed by atoms with Gasteiger partial charge in [-0.2, -0.15) is 18.4 Å². The maximum atomic E-state index is 14.6. The van der Waals surface area contributed by atoms with Crippen molar-refractivity contribution in [2.24, 2.45) is 0 Å². The Morgan fingerprint density at radius 1 is 1.16 bits per heavy atom. The van der Waals surface area contributed by atoms with E-state index in [1.54, 1.807) is 18.2 Å². The summed E-state index contributed by atoms with van der Waals surface area (Å²) in [6.07, 6.45) is -1.28. The largest absolute Gasteiger partial charge is 0.481 e. The molecule has 0 fully saturated rings. The Morgan fingerprint density at radius 2 is 1.89 bits per heavy atom. The molecule has 14 heteroatoms. The van der Waals surface area contributed by atoms with Crippen molar-refractivity contribution in [2.45, 2.75) is 24.0 Å². The van der Waals surface area contributed by atoms with Crippen molar-refractivity contribution >= 4 is 45.1 Å². The molecule has 0 bridgehead atoms. The maximum Gasteiger partial charge on any atom is 0.318 e. The van der Waals surface area contributed by atoms with Gasteiger partial charge in [-0.1, -0.05) is 47.5 Å². The molecule has 1 unspecified atom stereocenters. The molecule has 0 aliphatic carbocycles. The second kappa shape index (κ2) is 11.5. The van der Waals surface area contributed by atoms with Crippen LogP contribution in [0.1, 0.15) is 22.8 Å². The number of carboxylic acid groups (broad SMARTS) is 1. The highest BCUT2D eigenvalue weighted by Crippen LogP contribution is 2.41. The standard InChI is InChI=1S/C23H21Cl2F2N3O6S/c1-36-22-29-18(11-19(30-22)28-8-7-13-5-6-16(24)10-17(13)25)14-3-2-4-15(9-14)21(37(33,34)35)23(26,27)12-20(31)32/h2-6,9-11,21H,7-8,12H2,1H3,(H,31,32)(H,28,29,30)(H,33,34,35). The highest BCUT2D eigenvalue weighted by molar-refractivity contribution is 7.86. The number of methoxy groups -OCH3 is 1. The van der Waals surface area contributed by atoms with Crippen molar-refractivity contribution in [3.05, 3.63) is 69.7 Å². The number of benzene rings is 2. The van der Waals surface area contributed by atoms with Gasteiger partial charge in [0.25, 0.3) is 16.0 Å². The number of hydrogen-bond acceptors (Lipinski definition) is 7. The molecule has 198 valence electrons. The molecule has 0 radical (unpaired) electrons. The van der Waals surface area contributed by atoms with Gasteiger partial charge in [0.1, 0.15) is 12.2 Å². The van der Waals surface area contributed by atoms with Crippen molar-refractivity contribution in [1.29, 1.82) is 0 Å². The number of anilines is 1. The predicted molar refractivity (Wildman–Crippen MR) is 134 cm³/mol. The number of ether oxygens (including phenoxy) is 1. The number of aromatic nitrogens is 2. The minimum atomic E-state index is -5.39. The highest BCUT2D eigenvalue weighted by Gasteiger charge is 2.50. The van der Waals surface area contributed by atoms with Crippen LogP contribution < -0.4 is 10.1 Å². The number of halogens is 4. The van der Waals surface area contributed by atoms with Gasteiger partial charge in [-0.3, -0.25) is 9.35 Å². The minimum absolute atomic E-state index is 0.0579. The number of hydrogen-bond donors (Lipinski definition) is 3. The average Bonchev–Trinajstić information content (AvgIpc) is 2.78. The molecular formula is C23H21Cl2F2N3O6S. The van der Waals surface area contributed by atoms with Crippen LogP contribution in [0.5, 0.6) is 6.01 Å². The van der Waals surface area contributed by atoms with E-state index in [1.165, 1.54) is 25.3 Å². The van der Waals surface area contributed by atoms with Crippen molar-refractivity contribution in [1.82, 2.24) is 9.97 Å². The van der Waals surface area contributed by atoms with Gasteiger partial charge in [0.05, 0.1) is 12.8 Å². The van der Waals surface area contributed by atoms with Crippen molar-refractivity contribution in [2.75, 3.05) is 19.0 Å². The van der Waals surface area contributed by atoms with Crippen molar-refractivity contribution in [3.8, 4) is 17.3 Å². The van der Waals surface area contributed by atoms with Crippen LogP contribution in [0.2, 0.25) is 10.0 Å². The Kier molecular flexibility index (Phi) is 8.90. The monoisotopic (exact) mass is 575 g/mol. The fraction of sp³-hybridized carbons (Fsp3) is 0.261. The number of carboxylic acids is 1. The van der Waals surface area contributed by atoms with Crippen LogP contribution in [-0.4, -0.2) is 53.6 Å². The number of nitrogens with zero attached hydrogens (tertiary/aromatic N) is 2. The first-order valence-electron chi connectivity index (χ1n) is 10.6. The molecule has 1 aromatic heterocycles. The molecule has 1 heterocycles. The molecule has 3 aromatic rings. The van der Waals surface area contributed by atoms with Gasteiger partial charge in [-0.05, 0) is 35.7 Å². The van der Waals surface area contributed by atoms with Crippen LogP contribution in [0.15, 0.2) is 48.5 Å². The van der Waals surface area contributed by atoms with E-state index >= 15 is 0 Å². The van der Waals surface area contributed by atoms with Crippen LogP contribution >= 0.6 is 23.2 Å². The smallest absolute Gasteiger partial charge is 0.318 e. The molecular weight excluding hydrogens is 555 g/mol. The Hall–Kier alpha value is -3.06. The number of rotatable bonds is 11. The number of carbonyl (C=O) groups is 1. The van der Waals surface area contributed by atoms with Gasteiger partial charge < -0.3 is 15.2 Å². The lowest BCUT2D eigenvalue weighted by molar-refractivity contribution is -0.145. The first kappa shape index (κ1) is 28.5. The Bertz CT molecular complexity index is 1410. The highest BCUT2D eigenvalue weighted by atomic mass is 35.5. The van der Waals surface area contributed by atoms with Gasteiger partial charge in [-0.15, -0.1) is 0 Å². The molecule has 9 nitrogen and oxygen atoms in total. The van der Waals surface area contributed by atoms with Crippen LogP contribution in [-0.2, 0) is 21.3 Å². The summed E-state index contributed by atoms with van der Waals surface area (Å²) in [6, 6.07) is 11.4. The van der Waals surface area contributed by atoms with Gasteiger partial charge >= 0.3 is 12.0 Å². The van der Waals surface area contributed by atoms with Gasteiger partial charge in [-0.25, -0.2) is 8.78 Å². The van der Waals surface area contributed by atoms with Gasteiger partial charge in [0.15, 0.2) is 5.25 Å².